The topological polar surface area (TPSA) is 151 Å². The Bertz CT molecular complexity index is 1290. The standard InChI is InChI=1S/C24H22ClN3O8/c1-4-36-23(30)19-17(13-6-5-7-16(12-13)28(32)33)18(22(29)34-2)20(24(31)35-3)27(21(19)26)15-10-8-14(25)9-11-15/h5-12,17H,4,26H2,1-3H3. The molecule has 1 aliphatic rings. The van der Waals surface area contributed by atoms with Crippen LogP contribution in [0.1, 0.15) is 18.4 Å². The number of hydrogen-bond acceptors (Lipinski definition) is 10. The third kappa shape index (κ3) is 4.86. The van der Waals surface area contributed by atoms with Crippen LogP contribution in [0.25, 0.3) is 0 Å². The highest BCUT2D eigenvalue weighted by atomic mass is 35.5. The number of rotatable bonds is 7. The number of non-ortho nitro benzene ring substituents is 1. The molecule has 0 radical (unpaired) electrons. The molecule has 0 saturated carbocycles. The summed E-state index contributed by atoms with van der Waals surface area (Å²) in [6.45, 7) is 1.55. The van der Waals surface area contributed by atoms with Crippen molar-refractivity contribution in [1.82, 2.24) is 0 Å². The van der Waals surface area contributed by atoms with Crippen molar-refractivity contribution in [3.8, 4) is 0 Å². The molecular formula is C24H22ClN3O8. The minimum atomic E-state index is -1.35. The predicted octanol–water partition coefficient (Wildman–Crippen LogP) is 3.19. The van der Waals surface area contributed by atoms with E-state index in [1.165, 1.54) is 48.5 Å². The first kappa shape index (κ1) is 26.2. The van der Waals surface area contributed by atoms with Crippen LogP contribution in [-0.2, 0) is 28.6 Å². The Labute approximate surface area is 210 Å². The van der Waals surface area contributed by atoms with Crippen LogP contribution in [0.3, 0.4) is 0 Å². The minimum Gasteiger partial charge on any atom is -0.466 e. The third-order valence-corrected chi connectivity index (χ3v) is 5.60. The highest BCUT2D eigenvalue weighted by Crippen LogP contribution is 2.44. The van der Waals surface area contributed by atoms with Crippen molar-refractivity contribution in [2.75, 3.05) is 25.7 Å². The number of hydrogen-bond donors (Lipinski definition) is 1. The fourth-order valence-corrected chi connectivity index (χ4v) is 3.98. The number of halogens is 1. The van der Waals surface area contributed by atoms with Crippen molar-refractivity contribution in [3.05, 3.63) is 91.9 Å². The van der Waals surface area contributed by atoms with Crippen LogP contribution in [0.4, 0.5) is 11.4 Å². The second kappa shape index (κ2) is 10.9. The van der Waals surface area contributed by atoms with Crippen molar-refractivity contribution < 1.29 is 33.5 Å². The molecule has 2 aromatic carbocycles. The van der Waals surface area contributed by atoms with E-state index in [-0.39, 0.29) is 46.2 Å². The molecule has 1 atom stereocenters. The summed E-state index contributed by atoms with van der Waals surface area (Å²) in [5.41, 5.74) is 5.70. The van der Waals surface area contributed by atoms with Crippen LogP contribution in [0.5, 0.6) is 0 Å². The molecule has 11 nitrogen and oxygen atoms in total. The lowest BCUT2D eigenvalue weighted by atomic mass is 9.80. The molecule has 0 aliphatic carbocycles. The molecule has 0 bridgehead atoms. The van der Waals surface area contributed by atoms with Gasteiger partial charge in [0, 0.05) is 22.8 Å². The Hall–Kier alpha value is -4.38. The summed E-state index contributed by atoms with van der Waals surface area (Å²) in [5, 5.41) is 11.8. The van der Waals surface area contributed by atoms with Gasteiger partial charge in [-0.2, -0.15) is 0 Å². The monoisotopic (exact) mass is 515 g/mol. The average molecular weight is 516 g/mol. The Balaban J connectivity index is 2.47. The van der Waals surface area contributed by atoms with E-state index in [1.54, 1.807) is 6.92 Å². The van der Waals surface area contributed by atoms with E-state index in [0.717, 1.165) is 19.1 Å². The third-order valence-electron chi connectivity index (χ3n) is 5.35. The zero-order valence-corrected chi connectivity index (χ0v) is 20.3. The van der Waals surface area contributed by atoms with Crippen LogP contribution in [0.15, 0.2) is 71.2 Å². The number of anilines is 1. The number of esters is 3. The summed E-state index contributed by atoms with van der Waals surface area (Å²) in [5.74, 6) is -4.45. The lowest BCUT2D eigenvalue weighted by Gasteiger charge is -2.37. The molecule has 1 heterocycles. The lowest BCUT2D eigenvalue weighted by molar-refractivity contribution is -0.384. The van der Waals surface area contributed by atoms with Gasteiger partial charge < -0.3 is 19.9 Å². The molecule has 1 unspecified atom stereocenters. The van der Waals surface area contributed by atoms with Gasteiger partial charge in [0.25, 0.3) is 5.69 Å². The van der Waals surface area contributed by atoms with Crippen molar-refractivity contribution in [3.63, 3.8) is 0 Å². The van der Waals surface area contributed by atoms with Crippen molar-refractivity contribution >= 4 is 40.9 Å². The number of carbonyl (C=O) groups is 3. The molecule has 188 valence electrons. The van der Waals surface area contributed by atoms with Crippen LogP contribution >= 0.6 is 11.6 Å². The number of carbonyl (C=O) groups excluding carboxylic acids is 3. The minimum absolute atomic E-state index is 0.0284. The van der Waals surface area contributed by atoms with Crippen molar-refractivity contribution in [1.29, 1.82) is 0 Å². The van der Waals surface area contributed by atoms with Gasteiger partial charge in [0.15, 0.2) is 0 Å². The van der Waals surface area contributed by atoms with Gasteiger partial charge in [-0.25, -0.2) is 14.4 Å². The highest BCUT2D eigenvalue weighted by molar-refractivity contribution is 6.30. The molecular weight excluding hydrogens is 494 g/mol. The molecule has 0 aromatic heterocycles. The highest BCUT2D eigenvalue weighted by Gasteiger charge is 2.45. The molecule has 0 amide bonds. The quantitative estimate of drug-likeness (QED) is 0.252. The first-order chi connectivity index (χ1) is 17.2. The van der Waals surface area contributed by atoms with E-state index < -0.39 is 28.7 Å². The van der Waals surface area contributed by atoms with E-state index >= 15 is 0 Å². The van der Waals surface area contributed by atoms with Crippen LogP contribution < -0.4 is 10.6 Å². The second-order valence-corrected chi connectivity index (χ2v) is 7.80. The van der Waals surface area contributed by atoms with Gasteiger partial charge in [0.05, 0.1) is 42.8 Å². The van der Waals surface area contributed by atoms with E-state index in [9.17, 15) is 24.5 Å². The number of nitrogens with two attached hydrogens (primary N) is 1. The predicted molar refractivity (Wildman–Crippen MR) is 129 cm³/mol. The molecule has 2 aromatic rings. The normalized spacial score (nSPS) is 15.4. The molecule has 0 saturated heterocycles. The van der Waals surface area contributed by atoms with Gasteiger partial charge in [0.1, 0.15) is 11.5 Å². The SMILES string of the molecule is CCOC(=O)C1=C(N)N(c2ccc(Cl)cc2)C(C(=O)OC)=C(C(=O)OC)C1c1cccc([N+](=O)[O-])c1. The largest absolute Gasteiger partial charge is 0.466 e. The number of benzene rings is 2. The summed E-state index contributed by atoms with van der Waals surface area (Å²) in [6, 6.07) is 11.3. The van der Waals surface area contributed by atoms with Crippen LogP contribution in [0, 0.1) is 10.1 Å². The fourth-order valence-electron chi connectivity index (χ4n) is 3.85. The van der Waals surface area contributed by atoms with E-state index in [4.69, 9.17) is 31.5 Å². The van der Waals surface area contributed by atoms with E-state index in [1.807, 2.05) is 0 Å². The number of ether oxygens (including phenoxy) is 3. The Morgan fingerprint density at radius 3 is 2.22 bits per heavy atom. The molecule has 0 spiro atoms. The second-order valence-electron chi connectivity index (χ2n) is 7.36. The maximum atomic E-state index is 13.2. The van der Waals surface area contributed by atoms with Gasteiger partial charge in [-0.05, 0) is 36.8 Å². The fraction of sp³-hybridized carbons (Fsp3) is 0.208. The number of nitro groups is 1. The van der Waals surface area contributed by atoms with Crippen molar-refractivity contribution in [2.45, 2.75) is 12.8 Å². The number of methoxy groups -OCH3 is 2. The zero-order chi connectivity index (χ0) is 26.6. The maximum absolute atomic E-state index is 13.2. The van der Waals surface area contributed by atoms with Gasteiger partial charge in [-0.15, -0.1) is 0 Å². The lowest BCUT2D eigenvalue weighted by Crippen LogP contribution is -2.42. The van der Waals surface area contributed by atoms with E-state index in [2.05, 4.69) is 0 Å². The van der Waals surface area contributed by atoms with Crippen LogP contribution in [-0.4, -0.2) is 43.7 Å². The summed E-state index contributed by atoms with van der Waals surface area (Å²) < 4.78 is 15.1. The Kier molecular flexibility index (Phi) is 7.95. The Morgan fingerprint density at radius 1 is 1.03 bits per heavy atom. The van der Waals surface area contributed by atoms with E-state index in [0.29, 0.717) is 5.02 Å². The number of nitrogens with zero attached hydrogens (tertiary/aromatic N) is 2. The van der Waals surface area contributed by atoms with Crippen molar-refractivity contribution in [2.24, 2.45) is 5.73 Å². The van der Waals surface area contributed by atoms with Gasteiger partial charge in [-0.1, -0.05) is 23.7 Å². The molecule has 0 fully saturated rings. The maximum Gasteiger partial charge on any atom is 0.355 e. The van der Waals surface area contributed by atoms with Gasteiger partial charge in [0.2, 0.25) is 0 Å². The Morgan fingerprint density at radius 2 is 1.67 bits per heavy atom. The van der Waals surface area contributed by atoms with Gasteiger partial charge in [-0.3, -0.25) is 15.0 Å². The molecule has 12 heteroatoms. The summed E-state index contributed by atoms with van der Waals surface area (Å²) in [6.07, 6.45) is 0. The average Bonchev–Trinajstić information content (AvgIpc) is 2.87. The summed E-state index contributed by atoms with van der Waals surface area (Å²) >= 11 is 6.01. The van der Waals surface area contributed by atoms with Crippen LogP contribution in [0.2, 0.25) is 5.02 Å². The molecule has 2 N–H and O–H groups in total. The molecule has 1 aliphatic heterocycles. The molecule has 36 heavy (non-hydrogen) atoms. The molecule has 3 rings (SSSR count). The summed E-state index contributed by atoms with van der Waals surface area (Å²) in [7, 11) is 2.19. The zero-order valence-electron chi connectivity index (χ0n) is 19.5. The first-order valence-electron chi connectivity index (χ1n) is 10.5. The number of nitro benzene ring substituents is 1. The first-order valence-corrected chi connectivity index (χ1v) is 10.9. The smallest absolute Gasteiger partial charge is 0.355 e. The summed E-state index contributed by atoms with van der Waals surface area (Å²) in [4.78, 5) is 51.5. The van der Waals surface area contributed by atoms with Gasteiger partial charge >= 0.3 is 17.9 Å².